The fourth-order valence-corrected chi connectivity index (χ4v) is 3.61. The van der Waals surface area contributed by atoms with Crippen LogP contribution in [0.2, 0.25) is 5.02 Å². The normalized spacial score (nSPS) is 11.0. The molecule has 1 amide bonds. The molecule has 7 heteroatoms. The Bertz CT molecular complexity index is 1250. The average molecular weight is 526 g/mol. The number of amides is 1. The molecule has 0 saturated carbocycles. The van der Waals surface area contributed by atoms with Crippen LogP contribution in [-0.4, -0.2) is 13.0 Å². The van der Waals surface area contributed by atoms with Crippen molar-refractivity contribution in [2.75, 3.05) is 12.4 Å². The second-order valence-corrected chi connectivity index (χ2v) is 8.67. The van der Waals surface area contributed by atoms with Gasteiger partial charge in [0, 0.05) is 15.2 Å². The molecular weight excluding hydrogens is 504 g/mol. The van der Waals surface area contributed by atoms with E-state index in [4.69, 9.17) is 21.1 Å². The summed E-state index contributed by atoms with van der Waals surface area (Å²) in [5, 5.41) is 12.8. The Morgan fingerprint density at radius 3 is 2.52 bits per heavy atom. The van der Waals surface area contributed by atoms with E-state index in [0.29, 0.717) is 38.9 Å². The van der Waals surface area contributed by atoms with Crippen molar-refractivity contribution in [2.45, 2.75) is 20.5 Å². The van der Waals surface area contributed by atoms with E-state index in [9.17, 15) is 10.1 Å². The average Bonchev–Trinajstić information content (AvgIpc) is 2.80. The molecule has 0 radical (unpaired) electrons. The van der Waals surface area contributed by atoms with E-state index < -0.39 is 5.91 Å². The molecule has 0 aliphatic heterocycles. The maximum atomic E-state index is 12.7. The van der Waals surface area contributed by atoms with Crippen LogP contribution in [0.25, 0.3) is 6.08 Å². The minimum absolute atomic E-state index is 0.0644. The van der Waals surface area contributed by atoms with Gasteiger partial charge >= 0.3 is 0 Å². The summed E-state index contributed by atoms with van der Waals surface area (Å²) in [6.07, 6.45) is 1.49. The van der Waals surface area contributed by atoms with Crippen LogP contribution in [0.4, 0.5) is 5.69 Å². The number of anilines is 1. The molecule has 0 saturated heterocycles. The van der Waals surface area contributed by atoms with Crippen molar-refractivity contribution in [3.63, 3.8) is 0 Å². The van der Waals surface area contributed by atoms with Crippen molar-refractivity contribution in [3.05, 3.63) is 91.9 Å². The van der Waals surface area contributed by atoms with Crippen molar-refractivity contribution < 1.29 is 14.3 Å². The molecule has 0 heterocycles. The Hall–Kier alpha value is -3.27. The third-order valence-electron chi connectivity index (χ3n) is 4.91. The number of nitriles is 1. The van der Waals surface area contributed by atoms with Crippen molar-refractivity contribution >= 4 is 45.2 Å². The molecule has 0 atom stereocenters. The van der Waals surface area contributed by atoms with Crippen molar-refractivity contribution in [1.29, 1.82) is 5.26 Å². The predicted octanol–water partition coefficient (Wildman–Crippen LogP) is 6.85. The molecule has 0 spiro atoms. The van der Waals surface area contributed by atoms with Gasteiger partial charge in [-0.15, -0.1) is 0 Å². The Kier molecular flexibility index (Phi) is 8.16. The van der Waals surface area contributed by atoms with Crippen LogP contribution in [-0.2, 0) is 11.4 Å². The summed E-state index contributed by atoms with van der Waals surface area (Å²) in [7, 11) is 1.54. The maximum Gasteiger partial charge on any atom is 0.266 e. The molecule has 5 nitrogen and oxygen atoms in total. The summed E-state index contributed by atoms with van der Waals surface area (Å²) in [6, 6.07) is 18.7. The van der Waals surface area contributed by atoms with Crippen LogP contribution < -0.4 is 14.8 Å². The summed E-state index contributed by atoms with van der Waals surface area (Å²) in [4.78, 5) is 12.7. The molecule has 33 heavy (non-hydrogen) atoms. The minimum Gasteiger partial charge on any atom is -0.493 e. The van der Waals surface area contributed by atoms with E-state index in [1.165, 1.54) is 18.7 Å². The first-order valence-electron chi connectivity index (χ1n) is 10.1. The lowest BCUT2D eigenvalue weighted by molar-refractivity contribution is -0.112. The molecule has 0 fully saturated rings. The molecule has 3 aromatic rings. The number of methoxy groups -OCH3 is 1. The molecule has 3 aromatic carbocycles. The van der Waals surface area contributed by atoms with Crippen LogP contribution in [0, 0.1) is 25.2 Å². The van der Waals surface area contributed by atoms with Gasteiger partial charge < -0.3 is 14.8 Å². The number of rotatable bonds is 7. The smallest absolute Gasteiger partial charge is 0.266 e. The van der Waals surface area contributed by atoms with E-state index in [-0.39, 0.29) is 5.57 Å². The number of hydrogen-bond donors (Lipinski definition) is 1. The quantitative estimate of drug-likeness (QED) is 0.270. The van der Waals surface area contributed by atoms with E-state index >= 15 is 0 Å². The number of carbonyl (C=O) groups is 1. The van der Waals surface area contributed by atoms with E-state index in [1.54, 1.807) is 30.3 Å². The number of nitrogens with zero attached hydrogens (tertiary/aromatic N) is 1. The van der Waals surface area contributed by atoms with E-state index in [2.05, 4.69) is 21.2 Å². The molecule has 0 aliphatic carbocycles. The van der Waals surface area contributed by atoms with Crippen molar-refractivity contribution in [3.8, 4) is 17.6 Å². The fraction of sp³-hybridized carbons (Fsp3) is 0.154. The van der Waals surface area contributed by atoms with Gasteiger partial charge in [-0.2, -0.15) is 5.26 Å². The van der Waals surface area contributed by atoms with Crippen LogP contribution in [0.15, 0.2) is 64.6 Å². The monoisotopic (exact) mass is 524 g/mol. The molecule has 0 aliphatic rings. The first kappa shape index (κ1) is 24.4. The highest BCUT2D eigenvalue weighted by Gasteiger charge is 2.15. The number of halogens is 2. The van der Waals surface area contributed by atoms with Crippen LogP contribution >= 0.6 is 27.5 Å². The number of nitrogens with one attached hydrogen (secondary N) is 1. The third-order valence-corrected chi connectivity index (χ3v) is 5.83. The van der Waals surface area contributed by atoms with Crippen LogP contribution in [0.1, 0.15) is 22.3 Å². The van der Waals surface area contributed by atoms with Gasteiger partial charge in [-0.25, -0.2) is 0 Å². The molecule has 0 bridgehead atoms. The first-order valence-corrected chi connectivity index (χ1v) is 11.2. The number of carbonyl (C=O) groups excluding carboxylic acids is 1. The standard InChI is InChI=1S/C26H22BrClN2O3/c1-16-4-7-18(8-5-16)15-33-25-13-22(27)19(11-24(25)32-3)10-20(14-29)26(31)30-23-12-21(28)9-6-17(23)2/h4-13H,15H2,1-3H3,(H,30,31)/b20-10+. The molecule has 0 unspecified atom stereocenters. The summed E-state index contributed by atoms with van der Waals surface area (Å²) >= 11 is 9.52. The van der Waals surface area contributed by atoms with Crippen LogP contribution in [0.5, 0.6) is 11.5 Å². The summed E-state index contributed by atoms with van der Waals surface area (Å²) in [5.41, 5.74) is 4.13. The van der Waals surface area contributed by atoms with Gasteiger partial charge in [-0.05, 0) is 60.9 Å². The predicted molar refractivity (Wildman–Crippen MR) is 135 cm³/mol. The largest absolute Gasteiger partial charge is 0.493 e. The summed E-state index contributed by atoms with van der Waals surface area (Å²) in [6.45, 7) is 4.25. The van der Waals surface area contributed by atoms with Gasteiger partial charge in [0.05, 0.1) is 7.11 Å². The number of benzene rings is 3. The highest BCUT2D eigenvalue weighted by atomic mass is 79.9. The Balaban J connectivity index is 1.83. The second-order valence-electron chi connectivity index (χ2n) is 7.38. The van der Waals surface area contributed by atoms with Gasteiger partial charge in [0.1, 0.15) is 18.2 Å². The minimum atomic E-state index is -0.534. The zero-order valence-corrected chi connectivity index (χ0v) is 20.8. The summed E-state index contributed by atoms with van der Waals surface area (Å²) in [5.74, 6) is 0.494. The van der Waals surface area contributed by atoms with Crippen molar-refractivity contribution in [2.24, 2.45) is 0 Å². The van der Waals surface area contributed by atoms with E-state index in [1.807, 2.05) is 44.2 Å². The number of aryl methyl sites for hydroxylation is 2. The molecule has 0 aromatic heterocycles. The second kappa shape index (κ2) is 11.0. The zero-order valence-electron chi connectivity index (χ0n) is 18.4. The molecular formula is C26H22BrClN2O3. The molecule has 168 valence electrons. The van der Waals surface area contributed by atoms with Gasteiger partial charge in [-0.3, -0.25) is 4.79 Å². The van der Waals surface area contributed by atoms with Gasteiger partial charge in [0.2, 0.25) is 0 Å². The molecule has 3 rings (SSSR count). The lowest BCUT2D eigenvalue weighted by Gasteiger charge is -2.13. The van der Waals surface area contributed by atoms with E-state index in [0.717, 1.165) is 11.1 Å². The number of hydrogen-bond acceptors (Lipinski definition) is 4. The number of ether oxygens (including phenoxy) is 2. The van der Waals surface area contributed by atoms with Gasteiger partial charge in [-0.1, -0.05) is 63.4 Å². The summed E-state index contributed by atoms with van der Waals surface area (Å²) < 4.78 is 12.1. The third kappa shape index (κ3) is 6.38. The Morgan fingerprint density at radius 2 is 1.85 bits per heavy atom. The maximum absolute atomic E-state index is 12.7. The van der Waals surface area contributed by atoms with Crippen molar-refractivity contribution in [1.82, 2.24) is 0 Å². The zero-order chi connectivity index (χ0) is 24.0. The highest BCUT2D eigenvalue weighted by Crippen LogP contribution is 2.35. The van der Waals surface area contributed by atoms with Crippen LogP contribution in [0.3, 0.4) is 0 Å². The topological polar surface area (TPSA) is 71.3 Å². The lowest BCUT2D eigenvalue weighted by Crippen LogP contribution is -2.14. The van der Waals surface area contributed by atoms with Gasteiger partial charge in [0.25, 0.3) is 5.91 Å². The Morgan fingerprint density at radius 1 is 1.12 bits per heavy atom. The SMILES string of the molecule is COc1cc(/C=C(\C#N)C(=O)Nc2cc(Cl)ccc2C)c(Br)cc1OCc1ccc(C)cc1. The lowest BCUT2D eigenvalue weighted by atomic mass is 10.1. The molecule has 1 N–H and O–H groups in total. The Labute approximate surface area is 206 Å². The van der Waals surface area contributed by atoms with Gasteiger partial charge in [0.15, 0.2) is 11.5 Å². The highest BCUT2D eigenvalue weighted by molar-refractivity contribution is 9.10. The first-order chi connectivity index (χ1) is 15.8. The fourth-order valence-electron chi connectivity index (χ4n) is 3.00.